The molecule has 2 unspecified atom stereocenters. The van der Waals surface area contributed by atoms with E-state index in [4.69, 9.17) is 20.3 Å². The molecule has 2 atom stereocenters. The summed E-state index contributed by atoms with van der Waals surface area (Å²) < 4.78 is 10.6. The Morgan fingerprint density at radius 3 is 2.20 bits per heavy atom. The third kappa shape index (κ3) is 4.67. The molecule has 20 heavy (non-hydrogen) atoms. The van der Waals surface area contributed by atoms with Crippen LogP contribution in [-0.4, -0.2) is 38.5 Å². The molecule has 5 nitrogen and oxygen atoms in total. The summed E-state index contributed by atoms with van der Waals surface area (Å²) in [6, 6.07) is 6.00. The van der Waals surface area contributed by atoms with Crippen LogP contribution in [-0.2, 0) is 0 Å². The summed E-state index contributed by atoms with van der Waals surface area (Å²) in [5, 5.41) is 12.6. The quantitative estimate of drug-likeness (QED) is 0.639. The van der Waals surface area contributed by atoms with E-state index in [9.17, 15) is 0 Å². The van der Waals surface area contributed by atoms with Gasteiger partial charge in [0.05, 0.1) is 14.2 Å². The standard InChI is InChI=1S/C15H26N2O3/c1-4-12(5-6-18)17-15(10-16)11-7-13(19-2)9-14(8-11)20-3/h7-9,12,15,17-18H,4-6,10,16H2,1-3H3. The van der Waals surface area contributed by atoms with Crippen LogP contribution in [0.5, 0.6) is 11.5 Å². The van der Waals surface area contributed by atoms with E-state index in [1.54, 1.807) is 14.2 Å². The van der Waals surface area contributed by atoms with Gasteiger partial charge in [-0.15, -0.1) is 0 Å². The number of hydrogen-bond donors (Lipinski definition) is 3. The molecule has 0 aliphatic rings. The molecular formula is C15H26N2O3. The SMILES string of the molecule is CCC(CCO)NC(CN)c1cc(OC)cc(OC)c1. The largest absolute Gasteiger partial charge is 0.497 e. The molecule has 0 aliphatic carbocycles. The number of ether oxygens (including phenoxy) is 2. The van der Waals surface area contributed by atoms with E-state index in [1.165, 1.54) is 0 Å². The van der Waals surface area contributed by atoms with Crippen molar-refractivity contribution in [2.45, 2.75) is 31.8 Å². The zero-order valence-electron chi connectivity index (χ0n) is 12.6. The van der Waals surface area contributed by atoms with Gasteiger partial charge in [-0.1, -0.05) is 6.92 Å². The maximum atomic E-state index is 9.08. The van der Waals surface area contributed by atoms with E-state index >= 15 is 0 Å². The van der Waals surface area contributed by atoms with Crippen LogP contribution >= 0.6 is 0 Å². The number of methoxy groups -OCH3 is 2. The Kier molecular flexibility index (Phi) is 7.36. The first-order chi connectivity index (χ1) is 9.68. The van der Waals surface area contributed by atoms with Crippen molar-refractivity contribution >= 4 is 0 Å². The maximum absolute atomic E-state index is 9.08. The summed E-state index contributed by atoms with van der Waals surface area (Å²) in [6.45, 7) is 2.73. The second kappa shape index (κ2) is 8.79. The van der Waals surface area contributed by atoms with Gasteiger partial charge in [-0.2, -0.15) is 0 Å². The van der Waals surface area contributed by atoms with Crippen LogP contribution in [0.2, 0.25) is 0 Å². The van der Waals surface area contributed by atoms with Gasteiger partial charge in [0.15, 0.2) is 0 Å². The molecule has 0 heterocycles. The fourth-order valence-electron chi connectivity index (χ4n) is 2.18. The van der Waals surface area contributed by atoms with E-state index in [2.05, 4.69) is 12.2 Å². The molecule has 5 heteroatoms. The van der Waals surface area contributed by atoms with E-state index in [0.717, 1.165) is 23.5 Å². The number of nitrogens with one attached hydrogen (secondary N) is 1. The molecule has 0 amide bonds. The Balaban J connectivity index is 2.92. The fraction of sp³-hybridized carbons (Fsp3) is 0.600. The lowest BCUT2D eigenvalue weighted by Gasteiger charge is -2.24. The van der Waals surface area contributed by atoms with Crippen molar-refractivity contribution in [1.82, 2.24) is 5.32 Å². The van der Waals surface area contributed by atoms with Crippen LogP contribution in [0.4, 0.5) is 0 Å². The maximum Gasteiger partial charge on any atom is 0.122 e. The normalized spacial score (nSPS) is 13.8. The molecule has 0 aliphatic heterocycles. The van der Waals surface area contributed by atoms with E-state index in [0.29, 0.717) is 13.0 Å². The molecule has 0 spiro atoms. The highest BCUT2D eigenvalue weighted by Crippen LogP contribution is 2.26. The van der Waals surface area contributed by atoms with E-state index in [-0.39, 0.29) is 18.7 Å². The van der Waals surface area contributed by atoms with Crippen molar-refractivity contribution in [3.8, 4) is 11.5 Å². The van der Waals surface area contributed by atoms with Gasteiger partial charge < -0.3 is 25.6 Å². The molecule has 0 saturated heterocycles. The predicted octanol–water partition coefficient (Wildman–Crippen LogP) is 1.45. The molecule has 1 aromatic carbocycles. The Bertz CT molecular complexity index is 376. The van der Waals surface area contributed by atoms with Crippen molar-refractivity contribution in [3.05, 3.63) is 23.8 Å². The molecule has 1 aromatic rings. The van der Waals surface area contributed by atoms with Crippen LogP contribution in [0, 0.1) is 0 Å². The molecule has 0 saturated carbocycles. The van der Waals surface area contributed by atoms with Gasteiger partial charge in [-0.25, -0.2) is 0 Å². The van der Waals surface area contributed by atoms with Gasteiger partial charge in [0.1, 0.15) is 11.5 Å². The lowest BCUT2D eigenvalue weighted by molar-refractivity contribution is 0.255. The second-order valence-electron chi connectivity index (χ2n) is 4.72. The summed E-state index contributed by atoms with van der Waals surface area (Å²) in [6.07, 6.45) is 1.66. The third-order valence-electron chi connectivity index (χ3n) is 3.42. The zero-order valence-corrected chi connectivity index (χ0v) is 12.6. The minimum Gasteiger partial charge on any atom is -0.497 e. The highest BCUT2D eigenvalue weighted by molar-refractivity contribution is 5.40. The first-order valence-corrected chi connectivity index (χ1v) is 6.98. The summed E-state index contributed by atoms with van der Waals surface area (Å²) >= 11 is 0. The lowest BCUT2D eigenvalue weighted by atomic mass is 10.0. The number of aliphatic hydroxyl groups is 1. The molecular weight excluding hydrogens is 256 g/mol. The zero-order chi connectivity index (χ0) is 15.0. The average Bonchev–Trinajstić information content (AvgIpc) is 2.50. The van der Waals surface area contributed by atoms with Gasteiger partial charge in [0.25, 0.3) is 0 Å². The topological polar surface area (TPSA) is 76.7 Å². The number of rotatable bonds is 9. The monoisotopic (exact) mass is 282 g/mol. The Labute approximate surface area is 121 Å². The number of aliphatic hydroxyl groups excluding tert-OH is 1. The molecule has 0 bridgehead atoms. The van der Waals surface area contributed by atoms with Crippen LogP contribution in [0.3, 0.4) is 0 Å². The van der Waals surface area contributed by atoms with E-state index < -0.39 is 0 Å². The number of hydrogen-bond acceptors (Lipinski definition) is 5. The van der Waals surface area contributed by atoms with Crippen molar-refractivity contribution < 1.29 is 14.6 Å². The summed E-state index contributed by atoms with van der Waals surface area (Å²) in [4.78, 5) is 0. The second-order valence-corrected chi connectivity index (χ2v) is 4.72. The van der Waals surface area contributed by atoms with Crippen molar-refractivity contribution in [2.75, 3.05) is 27.4 Å². The Morgan fingerprint density at radius 2 is 1.80 bits per heavy atom. The Hall–Kier alpha value is -1.30. The Morgan fingerprint density at radius 1 is 1.20 bits per heavy atom. The van der Waals surface area contributed by atoms with Crippen LogP contribution in [0.15, 0.2) is 18.2 Å². The first-order valence-electron chi connectivity index (χ1n) is 6.98. The minimum absolute atomic E-state index is 0.00972. The molecule has 0 fully saturated rings. The molecule has 4 N–H and O–H groups in total. The van der Waals surface area contributed by atoms with Crippen LogP contribution in [0.1, 0.15) is 31.4 Å². The molecule has 114 valence electrons. The highest BCUT2D eigenvalue weighted by Gasteiger charge is 2.16. The van der Waals surface area contributed by atoms with Crippen molar-refractivity contribution in [3.63, 3.8) is 0 Å². The third-order valence-corrected chi connectivity index (χ3v) is 3.42. The fourth-order valence-corrected chi connectivity index (χ4v) is 2.18. The average molecular weight is 282 g/mol. The minimum atomic E-state index is 0.00972. The smallest absolute Gasteiger partial charge is 0.122 e. The van der Waals surface area contributed by atoms with E-state index in [1.807, 2.05) is 18.2 Å². The lowest BCUT2D eigenvalue weighted by Crippen LogP contribution is -2.37. The highest BCUT2D eigenvalue weighted by atomic mass is 16.5. The number of benzene rings is 1. The summed E-state index contributed by atoms with van der Waals surface area (Å²) in [7, 11) is 3.26. The van der Waals surface area contributed by atoms with Crippen LogP contribution in [0.25, 0.3) is 0 Å². The van der Waals surface area contributed by atoms with Gasteiger partial charge in [0, 0.05) is 31.3 Å². The van der Waals surface area contributed by atoms with Crippen molar-refractivity contribution in [2.24, 2.45) is 5.73 Å². The predicted molar refractivity (Wildman–Crippen MR) is 80.3 cm³/mol. The molecule has 0 radical (unpaired) electrons. The van der Waals surface area contributed by atoms with Crippen LogP contribution < -0.4 is 20.5 Å². The van der Waals surface area contributed by atoms with Gasteiger partial charge in [-0.3, -0.25) is 0 Å². The first kappa shape index (κ1) is 16.8. The molecule has 1 rings (SSSR count). The van der Waals surface area contributed by atoms with Crippen molar-refractivity contribution in [1.29, 1.82) is 0 Å². The van der Waals surface area contributed by atoms with Gasteiger partial charge >= 0.3 is 0 Å². The molecule has 0 aromatic heterocycles. The number of nitrogens with two attached hydrogens (primary N) is 1. The van der Waals surface area contributed by atoms with Gasteiger partial charge in [-0.05, 0) is 30.5 Å². The summed E-state index contributed by atoms with van der Waals surface area (Å²) in [5.74, 6) is 1.49. The summed E-state index contributed by atoms with van der Waals surface area (Å²) in [5.41, 5.74) is 6.91. The van der Waals surface area contributed by atoms with Gasteiger partial charge in [0.2, 0.25) is 0 Å².